The van der Waals surface area contributed by atoms with Gasteiger partial charge < -0.3 is 10.1 Å². The maximum Gasteiger partial charge on any atom is 0.345 e. The van der Waals surface area contributed by atoms with Crippen molar-refractivity contribution in [1.29, 1.82) is 0 Å². The molecular formula is C9H8BrN3O4S2. The van der Waals surface area contributed by atoms with E-state index in [1.165, 1.54) is 12.5 Å². The van der Waals surface area contributed by atoms with Crippen molar-refractivity contribution in [2.24, 2.45) is 0 Å². The Hall–Kier alpha value is -1.23. The number of rotatable bonds is 5. The van der Waals surface area contributed by atoms with Crippen LogP contribution in [0.5, 0.6) is 0 Å². The Bertz CT molecular complexity index is 693. The molecule has 2 aromatic heterocycles. The average molecular weight is 366 g/mol. The van der Waals surface area contributed by atoms with E-state index in [1.54, 1.807) is 0 Å². The van der Waals surface area contributed by atoms with Crippen molar-refractivity contribution in [2.75, 3.05) is 0 Å². The number of imidazole rings is 1. The number of aromatic nitrogens is 2. The second kappa shape index (κ2) is 5.41. The molecule has 0 saturated heterocycles. The summed E-state index contributed by atoms with van der Waals surface area (Å²) in [6, 6.07) is 1.12. The SMILES string of the molecule is O=C(O)c1cc(S(=O)(=O)NCc2cnc[nH]2)c(Br)s1. The molecule has 0 unspecified atom stereocenters. The minimum atomic E-state index is -3.78. The number of aromatic carboxylic acids is 1. The first-order valence-electron chi connectivity index (χ1n) is 4.89. The van der Waals surface area contributed by atoms with E-state index in [4.69, 9.17) is 5.11 Å². The lowest BCUT2D eigenvalue weighted by Gasteiger charge is -2.03. The highest BCUT2D eigenvalue weighted by atomic mass is 79.9. The molecule has 7 nitrogen and oxygen atoms in total. The van der Waals surface area contributed by atoms with Crippen molar-refractivity contribution in [3.63, 3.8) is 0 Å². The number of carboxylic acids is 1. The van der Waals surface area contributed by atoms with Crippen LogP contribution in [0.25, 0.3) is 0 Å². The molecule has 3 N–H and O–H groups in total. The molecule has 0 saturated carbocycles. The van der Waals surface area contributed by atoms with Crippen LogP contribution in [-0.4, -0.2) is 29.5 Å². The van der Waals surface area contributed by atoms with Crippen molar-refractivity contribution < 1.29 is 18.3 Å². The Labute approximate surface area is 120 Å². The first kappa shape index (κ1) is 14.2. The number of thiophene rings is 1. The fourth-order valence-electron chi connectivity index (χ4n) is 1.27. The number of hydrogen-bond acceptors (Lipinski definition) is 5. The summed E-state index contributed by atoms with van der Waals surface area (Å²) in [5.41, 5.74) is 0.605. The monoisotopic (exact) mass is 365 g/mol. The quantitative estimate of drug-likeness (QED) is 0.741. The number of carbonyl (C=O) groups is 1. The van der Waals surface area contributed by atoms with Crippen LogP contribution in [0.3, 0.4) is 0 Å². The highest BCUT2D eigenvalue weighted by Gasteiger charge is 2.22. The highest BCUT2D eigenvalue weighted by molar-refractivity contribution is 9.11. The van der Waals surface area contributed by atoms with Gasteiger partial charge in [-0.3, -0.25) is 0 Å². The van der Waals surface area contributed by atoms with Crippen LogP contribution in [0, 0.1) is 0 Å². The Morgan fingerprint density at radius 1 is 1.58 bits per heavy atom. The zero-order valence-electron chi connectivity index (χ0n) is 9.25. The van der Waals surface area contributed by atoms with Crippen LogP contribution < -0.4 is 4.72 Å². The predicted molar refractivity (Wildman–Crippen MR) is 71.6 cm³/mol. The summed E-state index contributed by atoms with van der Waals surface area (Å²) in [6.45, 7) is 0.0486. The minimum absolute atomic E-state index is 0.0474. The summed E-state index contributed by atoms with van der Waals surface area (Å²) in [4.78, 5) is 17.2. The normalized spacial score (nSPS) is 11.6. The van der Waals surface area contributed by atoms with Crippen molar-refractivity contribution >= 4 is 43.3 Å². The van der Waals surface area contributed by atoms with Gasteiger partial charge in [0.05, 0.1) is 16.7 Å². The van der Waals surface area contributed by atoms with E-state index in [9.17, 15) is 13.2 Å². The third kappa shape index (κ3) is 3.21. The maximum absolute atomic E-state index is 12.0. The van der Waals surface area contributed by atoms with E-state index < -0.39 is 16.0 Å². The summed E-state index contributed by atoms with van der Waals surface area (Å²) in [6.07, 6.45) is 2.93. The summed E-state index contributed by atoms with van der Waals surface area (Å²) in [5, 5.41) is 8.83. The van der Waals surface area contributed by atoms with Crippen LogP contribution >= 0.6 is 27.3 Å². The first-order chi connectivity index (χ1) is 8.90. The number of halogens is 1. The molecule has 0 aliphatic rings. The molecule has 0 atom stereocenters. The van der Waals surface area contributed by atoms with E-state index in [1.807, 2.05) is 0 Å². The first-order valence-corrected chi connectivity index (χ1v) is 7.99. The molecule has 0 bridgehead atoms. The third-order valence-electron chi connectivity index (χ3n) is 2.16. The standard InChI is InChI=1S/C9H8BrN3O4S2/c10-8-7(1-6(18-8)9(14)15)19(16,17)13-3-5-2-11-4-12-5/h1-2,4,13H,3H2,(H,11,12)(H,14,15). The number of carboxylic acid groups (broad SMARTS) is 1. The number of sulfonamides is 1. The lowest BCUT2D eigenvalue weighted by atomic mass is 10.5. The maximum atomic E-state index is 12.0. The lowest BCUT2D eigenvalue weighted by molar-refractivity contribution is 0.0702. The molecule has 19 heavy (non-hydrogen) atoms. The molecule has 2 rings (SSSR count). The average Bonchev–Trinajstić information content (AvgIpc) is 2.95. The van der Waals surface area contributed by atoms with E-state index in [2.05, 4.69) is 30.6 Å². The number of nitrogens with one attached hydrogen (secondary N) is 2. The van der Waals surface area contributed by atoms with Crippen molar-refractivity contribution in [1.82, 2.24) is 14.7 Å². The Morgan fingerprint density at radius 3 is 2.84 bits per heavy atom. The van der Waals surface area contributed by atoms with Gasteiger partial charge >= 0.3 is 5.97 Å². The molecular weight excluding hydrogens is 358 g/mol. The fourth-order valence-corrected chi connectivity index (χ4v) is 4.68. The topological polar surface area (TPSA) is 112 Å². The molecule has 2 heterocycles. The Morgan fingerprint density at radius 2 is 2.32 bits per heavy atom. The molecule has 102 valence electrons. The molecule has 0 aliphatic heterocycles. The molecule has 0 aromatic carbocycles. The summed E-state index contributed by atoms with van der Waals surface area (Å²) >= 11 is 3.91. The predicted octanol–water partition coefficient (Wildman–Crippen LogP) is 1.41. The van der Waals surface area contributed by atoms with Gasteiger partial charge in [0.1, 0.15) is 9.77 Å². The van der Waals surface area contributed by atoms with E-state index in [-0.39, 0.29) is 20.1 Å². The second-order valence-corrected chi connectivity index (χ2v) is 7.56. The van der Waals surface area contributed by atoms with Crippen LogP contribution in [0.1, 0.15) is 15.4 Å². The lowest BCUT2D eigenvalue weighted by Crippen LogP contribution is -2.23. The molecule has 0 radical (unpaired) electrons. The van der Waals surface area contributed by atoms with Crippen molar-refractivity contribution in [3.8, 4) is 0 Å². The zero-order chi connectivity index (χ0) is 14.0. The van der Waals surface area contributed by atoms with Gasteiger partial charge in [-0.25, -0.2) is 22.9 Å². The molecule has 2 aromatic rings. The van der Waals surface area contributed by atoms with Crippen LogP contribution in [0.4, 0.5) is 0 Å². The van der Waals surface area contributed by atoms with Crippen LogP contribution in [-0.2, 0) is 16.6 Å². The van der Waals surface area contributed by atoms with Gasteiger partial charge in [0, 0.05) is 11.9 Å². The summed E-state index contributed by atoms with van der Waals surface area (Å²) in [5.74, 6) is -1.17. The number of aromatic amines is 1. The van der Waals surface area contributed by atoms with Crippen LogP contribution in [0.15, 0.2) is 27.3 Å². The van der Waals surface area contributed by atoms with Gasteiger partial charge in [-0.2, -0.15) is 0 Å². The smallest absolute Gasteiger partial charge is 0.345 e. The van der Waals surface area contributed by atoms with E-state index >= 15 is 0 Å². The summed E-state index contributed by atoms with van der Waals surface area (Å²) in [7, 11) is -3.78. The minimum Gasteiger partial charge on any atom is -0.477 e. The van der Waals surface area contributed by atoms with Crippen LogP contribution in [0.2, 0.25) is 0 Å². The fraction of sp³-hybridized carbons (Fsp3) is 0.111. The largest absolute Gasteiger partial charge is 0.477 e. The van der Waals surface area contributed by atoms with Gasteiger partial charge in [-0.1, -0.05) is 0 Å². The Balaban J connectivity index is 2.22. The zero-order valence-corrected chi connectivity index (χ0v) is 12.5. The number of nitrogens with zero attached hydrogens (tertiary/aromatic N) is 1. The van der Waals surface area contributed by atoms with Gasteiger partial charge in [0.15, 0.2) is 0 Å². The third-order valence-corrected chi connectivity index (χ3v) is 5.80. The molecule has 10 heteroatoms. The molecule has 0 fully saturated rings. The number of H-pyrrole nitrogens is 1. The Kier molecular flexibility index (Phi) is 4.04. The highest BCUT2D eigenvalue weighted by Crippen LogP contribution is 2.31. The van der Waals surface area contributed by atoms with Gasteiger partial charge in [0.2, 0.25) is 10.0 Å². The van der Waals surface area contributed by atoms with E-state index in [0.29, 0.717) is 5.69 Å². The molecule has 0 amide bonds. The van der Waals surface area contributed by atoms with Gasteiger partial charge in [0.25, 0.3) is 0 Å². The molecule has 0 spiro atoms. The van der Waals surface area contributed by atoms with E-state index in [0.717, 1.165) is 17.4 Å². The van der Waals surface area contributed by atoms with Gasteiger partial charge in [-0.15, -0.1) is 11.3 Å². The van der Waals surface area contributed by atoms with Gasteiger partial charge in [-0.05, 0) is 22.0 Å². The number of hydrogen-bond donors (Lipinski definition) is 3. The van der Waals surface area contributed by atoms with Crippen molar-refractivity contribution in [2.45, 2.75) is 11.4 Å². The summed E-state index contributed by atoms with van der Waals surface area (Å²) < 4.78 is 26.7. The molecule has 0 aliphatic carbocycles. The second-order valence-electron chi connectivity index (χ2n) is 3.46. The van der Waals surface area contributed by atoms with Crippen molar-refractivity contribution in [3.05, 3.63) is 32.9 Å².